The maximum Gasteiger partial charge on any atom is 0.357 e. The second-order valence-corrected chi connectivity index (χ2v) is 4.86. The van der Waals surface area contributed by atoms with Crippen molar-refractivity contribution in [2.75, 3.05) is 19.1 Å². The fourth-order valence-corrected chi connectivity index (χ4v) is 2.29. The molecule has 2 aromatic heterocycles. The quantitative estimate of drug-likeness (QED) is 0.832. The number of ether oxygens (including phenoxy) is 1. The molecule has 0 bridgehead atoms. The van der Waals surface area contributed by atoms with E-state index in [2.05, 4.69) is 24.9 Å². The third-order valence-electron chi connectivity index (χ3n) is 2.34. The van der Waals surface area contributed by atoms with Crippen LogP contribution in [0.15, 0.2) is 6.33 Å². The molecule has 18 heavy (non-hydrogen) atoms. The Hall–Kier alpha value is -1.96. The summed E-state index contributed by atoms with van der Waals surface area (Å²) in [5.74, 6) is 0.327. The Balaban J connectivity index is 2.16. The summed E-state index contributed by atoms with van der Waals surface area (Å²) in [4.78, 5) is 22.5. The first-order valence-corrected chi connectivity index (χ1v) is 6.04. The number of carbonyl (C=O) groups excluding carboxylic acids is 1. The Morgan fingerprint density at radius 3 is 3.00 bits per heavy atom. The standard InChI is InChI=1S/C10H13N5O2S/c1-6-8(9(16)17-3)13-10(18-6)15(2)4-7-11-5-12-14-7/h5H,4H2,1-3H3,(H,11,12,14). The van der Waals surface area contributed by atoms with Crippen LogP contribution in [0.1, 0.15) is 21.2 Å². The summed E-state index contributed by atoms with van der Waals surface area (Å²) < 4.78 is 4.67. The van der Waals surface area contributed by atoms with Crippen LogP contribution >= 0.6 is 11.3 Å². The van der Waals surface area contributed by atoms with Crippen LogP contribution in [0.4, 0.5) is 5.13 Å². The largest absolute Gasteiger partial charge is 0.464 e. The highest BCUT2D eigenvalue weighted by Gasteiger charge is 2.18. The molecule has 0 radical (unpaired) electrons. The monoisotopic (exact) mass is 267 g/mol. The zero-order valence-electron chi connectivity index (χ0n) is 10.3. The number of hydrogen-bond acceptors (Lipinski definition) is 7. The van der Waals surface area contributed by atoms with Gasteiger partial charge in [0.1, 0.15) is 12.2 Å². The molecule has 0 spiro atoms. The number of nitrogens with zero attached hydrogens (tertiary/aromatic N) is 4. The third-order valence-corrected chi connectivity index (χ3v) is 3.43. The predicted molar refractivity (Wildman–Crippen MR) is 66.7 cm³/mol. The molecule has 0 amide bonds. The van der Waals surface area contributed by atoms with Crippen molar-refractivity contribution < 1.29 is 9.53 Å². The summed E-state index contributed by atoms with van der Waals surface area (Å²) in [5, 5.41) is 7.29. The Labute approximate surface area is 108 Å². The molecule has 0 atom stereocenters. The Morgan fingerprint density at radius 1 is 1.61 bits per heavy atom. The fourth-order valence-electron chi connectivity index (χ4n) is 1.43. The summed E-state index contributed by atoms with van der Waals surface area (Å²) >= 11 is 1.44. The van der Waals surface area contributed by atoms with Crippen LogP contribution in [0.5, 0.6) is 0 Å². The molecular formula is C10H13N5O2S. The fraction of sp³-hybridized carbons (Fsp3) is 0.400. The van der Waals surface area contributed by atoms with E-state index in [1.165, 1.54) is 24.8 Å². The van der Waals surface area contributed by atoms with Gasteiger partial charge in [0, 0.05) is 11.9 Å². The zero-order chi connectivity index (χ0) is 13.1. The lowest BCUT2D eigenvalue weighted by Crippen LogP contribution is -2.17. The summed E-state index contributed by atoms with van der Waals surface area (Å²) in [6.07, 6.45) is 1.45. The summed E-state index contributed by atoms with van der Waals surface area (Å²) in [7, 11) is 3.22. The number of anilines is 1. The van der Waals surface area contributed by atoms with Crippen molar-refractivity contribution in [1.82, 2.24) is 20.2 Å². The van der Waals surface area contributed by atoms with Gasteiger partial charge in [0.2, 0.25) is 0 Å². The van der Waals surface area contributed by atoms with Crippen LogP contribution in [0, 0.1) is 6.92 Å². The molecule has 0 aliphatic rings. The summed E-state index contributed by atoms with van der Waals surface area (Å²) in [5.41, 5.74) is 0.363. The van der Waals surface area contributed by atoms with Gasteiger partial charge in [-0.25, -0.2) is 14.8 Å². The second kappa shape index (κ2) is 5.13. The number of hydrogen-bond donors (Lipinski definition) is 1. The van der Waals surface area contributed by atoms with Crippen molar-refractivity contribution in [3.63, 3.8) is 0 Å². The lowest BCUT2D eigenvalue weighted by molar-refractivity contribution is 0.0594. The molecule has 0 aromatic carbocycles. The molecule has 0 unspecified atom stereocenters. The number of aromatic amines is 1. The lowest BCUT2D eigenvalue weighted by Gasteiger charge is -2.12. The highest BCUT2D eigenvalue weighted by molar-refractivity contribution is 7.15. The average molecular weight is 267 g/mol. The first kappa shape index (κ1) is 12.5. The minimum absolute atomic E-state index is 0.363. The van der Waals surface area contributed by atoms with Crippen molar-refractivity contribution in [2.24, 2.45) is 0 Å². The molecule has 96 valence electrons. The van der Waals surface area contributed by atoms with Gasteiger partial charge in [-0.1, -0.05) is 0 Å². The highest BCUT2D eigenvalue weighted by Crippen LogP contribution is 2.25. The lowest BCUT2D eigenvalue weighted by atomic mass is 10.4. The molecule has 0 saturated carbocycles. The maximum absolute atomic E-state index is 11.5. The molecule has 0 fully saturated rings. The Morgan fingerprint density at radius 2 is 2.39 bits per heavy atom. The van der Waals surface area contributed by atoms with E-state index in [9.17, 15) is 4.79 Å². The summed E-state index contributed by atoms with van der Waals surface area (Å²) in [6.45, 7) is 2.39. The summed E-state index contributed by atoms with van der Waals surface area (Å²) in [6, 6.07) is 0. The number of carbonyl (C=O) groups is 1. The van der Waals surface area contributed by atoms with Crippen molar-refractivity contribution in [2.45, 2.75) is 13.5 Å². The molecule has 0 saturated heterocycles. The van der Waals surface area contributed by atoms with Crippen molar-refractivity contribution in [3.8, 4) is 0 Å². The van der Waals surface area contributed by atoms with Gasteiger partial charge >= 0.3 is 5.97 Å². The average Bonchev–Trinajstić information content (AvgIpc) is 2.97. The van der Waals surface area contributed by atoms with E-state index >= 15 is 0 Å². The van der Waals surface area contributed by atoms with Crippen LogP contribution in [-0.2, 0) is 11.3 Å². The minimum Gasteiger partial charge on any atom is -0.464 e. The number of esters is 1. The molecule has 8 heteroatoms. The smallest absolute Gasteiger partial charge is 0.357 e. The molecule has 0 aliphatic heterocycles. The third kappa shape index (κ3) is 2.48. The van der Waals surface area contributed by atoms with E-state index in [1.54, 1.807) is 0 Å². The second-order valence-electron chi connectivity index (χ2n) is 3.68. The van der Waals surface area contributed by atoms with Gasteiger partial charge < -0.3 is 9.64 Å². The van der Waals surface area contributed by atoms with Crippen molar-refractivity contribution in [1.29, 1.82) is 0 Å². The number of thiazole rings is 1. The van der Waals surface area contributed by atoms with E-state index in [-0.39, 0.29) is 0 Å². The van der Waals surface area contributed by atoms with Crippen LogP contribution in [0.25, 0.3) is 0 Å². The molecule has 0 aliphatic carbocycles. The first-order chi connectivity index (χ1) is 8.61. The maximum atomic E-state index is 11.5. The van der Waals surface area contributed by atoms with E-state index < -0.39 is 5.97 Å². The van der Waals surface area contributed by atoms with Gasteiger partial charge in [-0.15, -0.1) is 11.3 Å². The highest BCUT2D eigenvalue weighted by atomic mass is 32.1. The molecular weight excluding hydrogens is 254 g/mol. The first-order valence-electron chi connectivity index (χ1n) is 5.23. The normalized spacial score (nSPS) is 10.4. The number of aromatic nitrogens is 4. The zero-order valence-corrected chi connectivity index (χ0v) is 11.1. The van der Waals surface area contributed by atoms with Crippen LogP contribution in [-0.4, -0.2) is 40.3 Å². The van der Waals surface area contributed by atoms with Crippen molar-refractivity contribution >= 4 is 22.4 Å². The van der Waals surface area contributed by atoms with Crippen LogP contribution in [0.2, 0.25) is 0 Å². The van der Waals surface area contributed by atoms with Crippen LogP contribution < -0.4 is 4.90 Å². The van der Waals surface area contributed by atoms with Gasteiger partial charge in [-0.2, -0.15) is 5.10 Å². The van der Waals surface area contributed by atoms with Gasteiger partial charge in [-0.3, -0.25) is 5.10 Å². The number of rotatable bonds is 4. The number of methoxy groups -OCH3 is 1. The number of nitrogens with one attached hydrogen (secondary N) is 1. The van der Waals surface area contributed by atoms with Crippen LogP contribution in [0.3, 0.4) is 0 Å². The molecule has 7 nitrogen and oxygen atoms in total. The Bertz CT molecular complexity index is 536. The predicted octanol–water partition coefficient (Wildman–Crippen LogP) is 0.993. The molecule has 2 aromatic rings. The molecule has 2 rings (SSSR count). The number of H-pyrrole nitrogens is 1. The topological polar surface area (TPSA) is 84.0 Å². The van der Waals surface area contributed by atoms with Gasteiger partial charge in [0.15, 0.2) is 10.8 Å². The number of aryl methyl sites for hydroxylation is 1. The van der Waals surface area contributed by atoms with E-state index in [1.807, 2.05) is 18.9 Å². The van der Waals surface area contributed by atoms with E-state index in [0.717, 1.165) is 15.8 Å². The van der Waals surface area contributed by atoms with Crippen molar-refractivity contribution in [3.05, 3.63) is 22.7 Å². The van der Waals surface area contributed by atoms with E-state index in [4.69, 9.17) is 0 Å². The van der Waals surface area contributed by atoms with Gasteiger partial charge in [-0.05, 0) is 6.92 Å². The Kier molecular flexibility index (Phi) is 3.56. The SMILES string of the molecule is COC(=O)c1nc(N(C)Cc2ncn[nH]2)sc1C. The van der Waals surface area contributed by atoms with E-state index in [0.29, 0.717) is 12.2 Å². The molecule has 2 heterocycles. The minimum atomic E-state index is -0.414. The molecule has 1 N–H and O–H groups in total. The van der Waals surface area contributed by atoms with Gasteiger partial charge in [0.25, 0.3) is 0 Å². The van der Waals surface area contributed by atoms with Gasteiger partial charge in [0.05, 0.1) is 13.7 Å².